The minimum Gasteiger partial charge on any atom is -0.490 e. The molecule has 0 aromatic heterocycles. The fourth-order valence-electron chi connectivity index (χ4n) is 2.41. The second-order valence-corrected chi connectivity index (χ2v) is 4.95. The molecule has 2 rings (SSSR count). The molecule has 1 aromatic carbocycles. The molecular formula is C14H18FNO3. The second-order valence-electron chi connectivity index (χ2n) is 4.95. The predicted molar refractivity (Wildman–Crippen MR) is 68.4 cm³/mol. The second kappa shape index (κ2) is 6.02. The highest BCUT2D eigenvalue weighted by Crippen LogP contribution is 2.29. The molecule has 5 heteroatoms. The summed E-state index contributed by atoms with van der Waals surface area (Å²) in [6, 6.07) is 3.78. The first-order chi connectivity index (χ1) is 9.10. The number of nitrogens with two attached hydrogens (primary N) is 1. The number of hydrogen-bond acceptors (Lipinski definition) is 3. The Morgan fingerprint density at radius 2 is 2.05 bits per heavy atom. The van der Waals surface area contributed by atoms with Crippen molar-refractivity contribution in [2.24, 2.45) is 11.7 Å². The largest absolute Gasteiger partial charge is 0.490 e. The lowest BCUT2D eigenvalue weighted by Gasteiger charge is -2.28. The summed E-state index contributed by atoms with van der Waals surface area (Å²) in [5, 5.41) is 9.07. The van der Waals surface area contributed by atoms with Gasteiger partial charge >= 0.3 is 0 Å². The third-order valence-electron chi connectivity index (χ3n) is 3.55. The molecule has 104 valence electrons. The van der Waals surface area contributed by atoms with E-state index >= 15 is 0 Å². The molecule has 1 amide bonds. The molecule has 4 nitrogen and oxygen atoms in total. The predicted octanol–water partition coefficient (Wildman–Crippen LogP) is 1.85. The molecule has 0 bridgehead atoms. The highest BCUT2D eigenvalue weighted by Gasteiger charge is 2.23. The van der Waals surface area contributed by atoms with Gasteiger partial charge < -0.3 is 15.6 Å². The van der Waals surface area contributed by atoms with E-state index in [9.17, 15) is 9.18 Å². The molecule has 1 aliphatic rings. The summed E-state index contributed by atoms with van der Waals surface area (Å²) in [5.41, 5.74) is 5.29. The number of carbonyl (C=O) groups is 1. The molecule has 0 saturated heterocycles. The van der Waals surface area contributed by atoms with Gasteiger partial charge in [-0.1, -0.05) is 0 Å². The van der Waals surface area contributed by atoms with E-state index in [1.54, 1.807) is 0 Å². The summed E-state index contributed by atoms with van der Waals surface area (Å²) in [6.45, 7) is 0.204. The van der Waals surface area contributed by atoms with E-state index in [4.69, 9.17) is 15.6 Å². The van der Waals surface area contributed by atoms with Gasteiger partial charge in [-0.25, -0.2) is 4.39 Å². The van der Waals surface area contributed by atoms with E-state index in [-0.39, 0.29) is 18.3 Å². The maximum absolute atomic E-state index is 13.1. The SMILES string of the molecule is NC(=O)c1cc(F)ccc1OC1CCC(CO)CC1. The molecule has 0 atom stereocenters. The number of halogens is 1. The van der Waals surface area contributed by atoms with Gasteiger partial charge in [-0.05, 0) is 49.8 Å². The zero-order valence-electron chi connectivity index (χ0n) is 10.6. The van der Waals surface area contributed by atoms with Crippen LogP contribution in [-0.2, 0) is 0 Å². The number of amides is 1. The molecule has 3 N–H and O–H groups in total. The summed E-state index contributed by atoms with van der Waals surface area (Å²) in [7, 11) is 0. The Kier molecular flexibility index (Phi) is 4.37. The lowest BCUT2D eigenvalue weighted by Crippen LogP contribution is -2.26. The van der Waals surface area contributed by atoms with Gasteiger partial charge in [-0.15, -0.1) is 0 Å². The van der Waals surface area contributed by atoms with Gasteiger partial charge in [-0.2, -0.15) is 0 Å². The number of primary amides is 1. The van der Waals surface area contributed by atoms with E-state index < -0.39 is 11.7 Å². The minimum absolute atomic E-state index is 0.00800. The molecule has 0 radical (unpaired) electrons. The van der Waals surface area contributed by atoms with Crippen LogP contribution < -0.4 is 10.5 Å². The number of rotatable bonds is 4. The van der Waals surface area contributed by atoms with Crippen molar-refractivity contribution < 1.29 is 19.0 Å². The van der Waals surface area contributed by atoms with Crippen molar-refractivity contribution in [2.75, 3.05) is 6.61 Å². The molecule has 0 unspecified atom stereocenters. The average Bonchev–Trinajstić information content (AvgIpc) is 2.41. The Bertz CT molecular complexity index is 456. The van der Waals surface area contributed by atoms with Gasteiger partial charge in [0.2, 0.25) is 0 Å². The van der Waals surface area contributed by atoms with E-state index in [1.165, 1.54) is 12.1 Å². The number of aliphatic hydroxyl groups excluding tert-OH is 1. The smallest absolute Gasteiger partial charge is 0.252 e. The van der Waals surface area contributed by atoms with Gasteiger partial charge in [0.15, 0.2) is 0 Å². The Hall–Kier alpha value is -1.62. The van der Waals surface area contributed by atoms with Gasteiger partial charge in [0.1, 0.15) is 11.6 Å². The molecule has 1 fully saturated rings. The number of hydrogen-bond donors (Lipinski definition) is 2. The van der Waals surface area contributed by atoms with Crippen molar-refractivity contribution >= 4 is 5.91 Å². The van der Waals surface area contributed by atoms with Crippen LogP contribution in [0.5, 0.6) is 5.75 Å². The Labute approximate surface area is 111 Å². The Morgan fingerprint density at radius 3 is 2.63 bits per heavy atom. The topological polar surface area (TPSA) is 72.6 Å². The highest BCUT2D eigenvalue weighted by atomic mass is 19.1. The Balaban J connectivity index is 2.05. The third-order valence-corrected chi connectivity index (χ3v) is 3.55. The summed E-state index contributed by atoms with van der Waals surface area (Å²) in [5.74, 6) is -0.534. The quantitative estimate of drug-likeness (QED) is 0.874. The number of ether oxygens (including phenoxy) is 1. The maximum Gasteiger partial charge on any atom is 0.252 e. The first kappa shape index (κ1) is 13.8. The van der Waals surface area contributed by atoms with Crippen LogP contribution >= 0.6 is 0 Å². The van der Waals surface area contributed by atoms with Crippen molar-refractivity contribution in [1.29, 1.82) is 0 Å². The third kappa shape index (κ3) is 3.44. The van der Waals surface area contributed by atoms with Crippen LogP contribution in [0.15, 0.2) is 18.2 Å². The first-order valence-electron chi connectivity index (χ1n) is 6.47. The number of aliphatic hydroxyl groups is 1. The molecule has 0 aliphatic heterocycles. The number of carbonyl (C=O) groups excluding carboxylic acids is 1. The van der Waals surface area contributed by atoms with Crippen LogP contribution in [0.4, 0.5) is 4.39 Å². The van der Waals surface area contributed by atoms with Gasteiger partial charge in [-0.3, -0.25) is 4.79 Å². The van der Waals surface area contributed by atoms with Crippen LogP contribution in [-0.4, -0.2) is 23.7 Å². The normalized spacial score (nSPS) is 23.1. The lowest BCUT2D eigenvalue weighted by atomic mass is 9.88. The average molecular weight is 267 g/mol. The van der Waals surface area contributed by atoms with E-state index in [0.717, 1.165) is 31.7 Å². The summed E-state index contributed by atoms with van der Waals surface area (Å²) in [6.07, 6.45) is 3.43. The summed E-state index contributed by atoms with van der Waals surface area (Å²) >= 11 is 0. The summed E-state index contributed by atoms with van der Waals surface area (Å²) < 4.78 is 18.8. The first-order valence-corrected chi connectivity index (χ1v) is 6.47. The fraction of sp³-hybridized carbons (Fsp3) is 0.500. The van der Waals surface area contributed by atoms with Crippen molar-refractivity contribution in [3.05, 3.63) is 29.6 Å². The summed E-state index contributed by atoms with van der Waals surface area (Å²) in [4.78, 5) is 11.3. The molecule has 1 aliphatic carbocycles. The molecular weight excluding hydrogens is 249 g/mol. The van der Waals surface area contributed by atoms with Crippen molar-refractivity contribution in [3.63, 3.8) is 0 Å². The van der Waals surface area contributed by atoms with E-state index in [0.29, 0.717) is 11.7 Å². The van der Waals surface area contributed by atoms with Crippen molar-refractivity contribution in [1.82, 2.24) is 0 Å². The Morgan fingerprint density at radius 1 is 1.37 bits per heavy atom. The molecule has 19 heavy (non-hydrogen) atoms. The van der Waals surface area contributed by atoms with Crippen LogP contribution in [0.2, 0.25) is 0 Å². The molecule has 0 spiro atoms. The van der Waals surface area contributed by atoms with Crippen molar-refractivity contribution in [2.45, 2.75) is 31.8 Å². The van der Waals surface area contributed by atoms with E-state index in [2.05, 4.69) is 0 Å². The minimum atomic E-state index is -0.696. The van der Waals surface area contributed by atoms with Crippen LogP contribution in [0.1, 0.15) is 36.0 Å². The number of benzene rings is 1. The standard InChI is InChI=1S/C14H18FNO3/c15-10-3-6-13(12(7-10)14(16)18)19-11-4-1-9(8-17)2-5-11/h3,6-7,9,11,17H,1-2,4-5,8H2,(H2,16,18). The van der Waals surface area contributed by atoms with Gasteiger partial charge in [0.05, 0.1) is 11.7 Å². The van der Waals surface area contributed by atoms with Crippen LogP contribution in [0, 0.1) is 11.7 Å². The highest BCUT2D eigenvalue weighted by molar-refractivity contribution is 5.95. The maximum atomic E-state index is 13.1. The molecule has 0 heterocycles. The zero-order chi connectivity index (χ0) is 13.8. The van der Waals surface area contributed by atoms with Gasteiger partial charge in [0.25, 0.3) is 5.91 Å². The molecule has 1 saturated carbocycles. The zero-order valence-corrected chi connectivity index (χ0v) is 10.6. The monoisotopic (exact) mass is 267 g/mol. The van der Waals surface area contributed by atoms with Gasteiger partial charge in [0, 0.05) is 6.61 Å². The van der Waals surface area contributed by atoms with Crippen LogP contribution in [0.25, 0.3) is 0 Å². The molecule has 1 aromatic rings. The van der Waals surface area contributed by atoms with Crippen LogP contribution in [0.3, 0.4) is 0 Å². The fourth-order valence-corrected chi connectivity index (χ4v) is 2.41. The lowest BCUT2D eigenvalue weighted by molar-refractivity contribution is 0.0952. The van der Waals surface area contributed by atoms with E-state index in [1.807, 2.05) is 0 Å². The van der Waals surface area contributed by atoms with Crippen molar-refractivity contribution in [3.8, 4) is 5.75 Å².